The second-order valence-electron chi connectivity index (χ2n) is 3.18. The van der Waals surface area contributed by atoms with Crippen molar-refractivity contribution in [1.82, 2.24) is 5.32 Å². The predicted octanol–water partition coefficient (Wildman–Crippen LogP) is 1.54. The van der Waals surface area contributed by atoms with Crippen LogP contribution in [0.25, 0.3) is 0 Å². The summed E-state index contributed by atoms with van der Waals surface area (Å²) in [6, 6.07) is 5.30. The van der Waals surface area contributed by atoms with Crippen LogP contribution in [-0.2, 0) is 11.2 Å². The van der Waals surface area contributed by atoms with E-state index in [1.165, 1.54) is 6.07 Å². The van der Waals surface area contributed by atoms with Crippen LogP contribution in [0, 0.1) is 23.0 Å². The summed E-state index contributed by atoms with van der Waals surface area (Å²) in [5.41, 5.74) is 0.594. The van der Waals surface area contributed by atoms with Crippen molar-refractivity contribution in [3.63, 3.8) is 0 Å². The lowest BCUT2D eigenvalue weighted by molar-refractivity contribution is -0.120. The zero-order valence-electron chi connectivity index (χ0n) is 8.46. The van der Waals surface area contributed by atoms with Gasteiger partial charge in [-0.1, -0.05) is 6.07 Å². The minimum atomic E-state index is -0.902. The molecule has 1 amide bonds. The lowest BCUT2D eigenvalue weighted by atomic mass is 10.1. The van der Waals surface area contributed by atoms with Crippen molar-refractivity contribution in [3.8, 4) is 6.07 Å². The summed E-state index contributed by atoms with van der Waals surface area (Å²) in [7, 11) is 0. The molecular formula is C11H10F2N2O. The van der Waals surface area contributed by atoms with Crippen LogP contribution in [0.3, 0.4) is 0 Å². The second kappa shape index (κ2) is 5.81. The number of halogens is 2. The molecule has 0 aliphatic carbocycles. The Morgan fingerprint density at radius 1 is 1.38 bits per heavy atom. The van der Waals surface area contributed by atoms with E-state index in [0.717, 1.165) is 12.1 Å². The topological polar surface area (TPSA) is 52.9 Å². The standard InChI is InChI=1S/C11H10F2N2O/c12-9-2-1-8(7-10(9)13)4-6-15-11(16)3-5-14/h1-2,7H,3-4,6H2,(H,15,16). The highest BCUT2D eigenvalue weighted by molar-refractivity contribution is 5.77. The molecule has 0 radical (unpaired) electrons. The summed E-state index contributed by atoms with van der Waals surface area (Å²) in [5.74, 6) is -2.16. The van der Waals surface area contributed by atoms with Gasteiger partial charge < -0.3 is 5.32 Å². The van der Waals surface area contributed by atoms with Crippen LogP contribution in [0.1, 0.15) is 12.0 Å². The molecule has 0 fully saturated rings. The first-order valence-electron chi connectivity index (χ1n) is 4.71. The fourth-order valence-corrected chi connectivity index (χ4v) is 1.18. The quantitative estimate of drug-likeness (QED) is 0.843. The Hall–Kier alpha value is -1.96. The van der Waals surface area contributed by atoms with Crippen molar-refractivity contribution in [2.75, 3.05) is 6.54 Å². The fourth-order valence-electron chi connectivity index (χ4n) is 1.18. The van der Waals surface area contributed by atoms with Crippen molar-refractivity contribution < 1.29 is 13.6 Å². The first-order valence-corrected chi connectivity index (χ1v) is 4.71. The van der Waals surface area contributed by atoms with Crippen LogP contribution in [0.2, 0.25) is 0 Å². The number of hydrogen-bond donors (Lipinski definition) is 1. The summed E-state index contributed by atoms with van der Waals surface area (Å²) < 4.78 is 25.3. The molecule has 0 heterocycles. The Labute approximate surface area is 91.7 Å². The minimum absolute atomic E-state index is 0.197. The van der Waals surface area contributed by atoms with Crippen LogP contribution < -0.4 is 5.32 Å². The van der Waals surface area contributed by atoms with Gasteiger partial charge in [0.25, 0.3) is 0 Å². The number of benzene rings is 1. The maximum atomic E-state index is 12.8. The Bertz CT molecular complexity index is 426. The smallest absolute Gasteiger partial charge is 0.234 e. The van der Waals surface area contributed by atoms with Gasteiger partial charge in [0.05, 0.1) is 6.07 Å². The average Bonchev–Trinajstić information content (AvgIpc) is 2.24. The third-order valence-corrected chi connectivity index (χ3v) is 1.96. The maximum absolute atomic E-state index is 12.8. The molecule has 0 saturated carbocycles. The van der Waals surface area contributed by atoms with E-state index in [9.17, 15) is 13.6 Å². The van der Waals surface area contributed by atoms with Crippen LogP contribution in [0.15, 0.2) is 18.2 Å². The molecule has 16 heavy (non-hydrogen) atoms. The van der Waals surface area contributed by atoms with E-state index in [4.69, 9.17) is 5.26 Å². The van der Waals surface area contributed by atoms with Crippen molar-refractivity contribution in [3.05, 3.63) is 35.4 Å². The molecule has 0 spiro atoms. The molecule has 0 unspecified atom stereocenters. The molecule has 1 aromatic rings. The van der Waals surface area contributed by atoms with Gasteiger partial charge in [0, 0.05) is 6.54 Å². The third kappa shape index (κ3) is 3.65. The van der Waals surface area contributed by atoms with E-state index in [1.807, 2.05) is 0 Å². The molecule has 5 heteroatoms. The van der Waals surface area contributed by atoms with Crippen LogP contribution in [0.4, 0.5) is 8.78 Å². The molecule has 0 bridgehead atoms. The fraction of sp³-hybridized carbons (Fsp3) is 0.273. The molecule has 84 valence electrons. The zero-order valence-corrected chi connectivity index (χ0v) is 8.46. The first kappa shape index (κ1) is 12.1. The number of rotatable bonds is 4. The number of nitrogens with zero attached hydrogens (tertiary/aromatic N) is 1. The van der Waals surface area contributed by atoms with E-state index in [1.54, 1.807) is 6.07 Å². The van der Waals surface area contributed by atoms with Gasteiger partial charge in [-0.05, 0) is 24.1 Å². The van der Waals surface area contributed by atoms with Crippen molar-refractivity contribution in [2.24, 2.45) is 0 Å². The molecular weight excluding hydrogens is 214 g/mol. The van der Waals surface area contributed by atoms with Crippen molar-refractivity contribution in [1.29, 1.82) is 5.26 Å². The Morgan fingerprint density at radius 3 is 2.75 bits per heavy atom. The number of nitrogens with one attached hydrogen (secondary N) is 1. The lowest BCUT2D eigenvalue weighted by Crippen LogP contribution is -2.24. The Balaban J connectivity index is 2.41. The predicted molar refractivity (Wildman–Crippen MR) is 53.3 cm³/mol. The number of carbonyl (C=O) groups excluding carboxylic acids is 1. The monoisotopic (exact) mass is 224 g/mol. The average molecular weight is 224 g/mol. The number of hydrogen-bond acceptors (Lipinski definition) is 2. The highest BCUT2D eigenvalue weighted by Gasteiger charge is 2.03. The number of carbonyl (C=O) groups is 1. The van der Waals surface area contributed by atoms with E-state index in [0.29, 0.717) is 18.5 Å². The van der Waals surface area contributed by atoms with Gasteiger partial charge in [-0.25, -0.2) is 8.78 Å². The van der Waals surface area contributed by atoms with Crippen molar-refractivity contribution in [2.45, 2.75) is 12.8 Å². The minimum Gasteiger partial charge on any atom is -0.355 e. The summed E-state index contributed by atoms with van der Waals surface area (Å²) in [5, 5.41) is 10.7. The molecule has 1 aromatic carbocycles. The molecule has 0 aliphatic rings. The third-order valence-electron chi connectivity index (χ3n) is 1.96. The zero-order chi connectivity index (χ0) is 12.0. The number of nitriles is 1. The van der Waals surface area contributed by atoms with Gasteiger partial charge >= 0.3 is 0 Å². The van der Waals surface area contributed by atoms with Gasteiger partial charge in [-0.15, -0.1) is 0 Å². The van der Waals surface area contributed by atoms with Gasteiger partial charge in [-0.2, -0.15) is 5.26 Å². The molecule has 0 aromatic heterocycles. The first-order chi connectivity index (χ1) is 7.63. The molecule has 0 aliphatic heterocycles. The van der Waals surface area contributed by atoms with Crippen molar-refractivity contribution >= 4 is 5.91 Å². The number of amides is 1. The largest absolute Gasteiger partial charge is 0.355 e. The normalized spacial score (nSPS) is 9.56. The van der Waals surface area contributed by atoms with Crippen LogP contribution in [-0.4, -0.2) is 12.5 Å². The highest BCUT2D eigenvalue weighted by atomic mass is 19.2. The Kier molecular flexibility index (Phi) is 4.40. The Morgan fingerprint density at radius 2 is 2.12 bits per heavy atom. The summed E-state index contributed by atoms with van der Waals surface area (Å²) in [6.07, 6.45) is 0.201. The molecule has 0 atom stereocenters. The molecule has 3 nitrogen and oxygen atoms in total. The van der Waals surface area contributed by atoms with E-state index in [-0.39, 0.29) is 12.3 Å². The maximum Gasteiger partial charge on any atom is 0.234 e. The van der Waals surface area contributed by atoms with Crippen LogP contribution in [0.5, 0.6) is 0 Å². The van der Waals surface area contributed by atoms with E-state index in [2.05, 4.69) is 5.32 Å². The summed E-state index contributed by atoms with van der Waals surface area (Å²) in [4.78, 5) is 10.9. The van der Waals surface area contributed by atoms with Gasteiger partial charge in [0.1, 0.15) is 6.42 Å². The van der Waals surface area contributed by atoms with Gasteiger partial charge in [0.2, 0.25) is 5.91 Å². The molecule has 0 saturated heterocycles. The SMILES string of the molecule is N#CCC(=O)NCCc1ccc(F)c(F)c1. The van der Waals surface area contributed by atoms with E-state index < -0.39 is 11.6 Å². The van der Waals surface area contributed by atoms with Gasteiger partial charge in [-0.3, -0.25) is 4.79 Å². The van der Waals surface area contributed by atoms with Crippen LogP contribution >= 0.6 is 0 Å². The summed E-state index contributed by atoms with van der Waals surface area (Å²) in [6.45, 7) is 0.297. The van der Waals surface area contributed by atoms with Gasteiger partial charge in [0.15, 0.2) is 11.6 Å². The summed E-state index contributed by atoms with van der Waals surface area (Å²) >= 11 is 0. The lowest BCUT2D eigenvalue weighted by Gasteiger charge is -2.03. The second-order valence-corrected chi connectivity index (χ2v) is 3.18. The molecule has 1 rings (SSSR count). The van der Waals surface area contributed by atoms with E-state index >= 15 is 0 Å². The molecule has 1 N–H and O–H groups in total. The highest BCUT2D eigenvalue weighted by Crippen LogP contribution is 2.08.